The van der Waals surface area contributed by atoms with Crippen LogP contribution in [0, 0.1) is 0 Å². The van der Waals surface area contributed by atoms with Gasteiger partial charge in [0, 0.05) is 83.4 Å². The van der Waals surface area contributed by atoms with Gasteiger partial charge in [-0.25, -0.2) is 0 Å². The van der Waals surface area contributed by atoms with E-state index in [0.717, 1.165) is 0 Å². The molecule has 74 heavy (non-hydrogen) atoms. The first kappa shape index (κ1) is 44.5. The Morgan fingerprint density at radius 1 is 0.297 bits per heavy atom. The maximum atomic E-state index is 2.66. The average Bonchev–Trinajstić information content (AvgIpc) is 4.22. The second-order valence-corrected chi connectivity index (χ2v) is 27.9. The topological polar surface area (TPSA) is 8.82 Å². The predicted octanol–water partition coefficient (Wildman–Crippen LogP) is 21.2. The van der Waals surface area contributed by atoms with Crippen LogP contribution in [0.4, 0.5) is 0 Å². The van der Waals surface area contributed by atoms with Gasteiger partial charge in [-0.15, -0.1) is 22.7 Å². The number of aromatic nitrogens is 2. The molecule has 0 aliphatic rings. The molecule has 2 nitrogen and oxygen atoms in total. The van der Waals surface area contributed by atoms with Crippen molar-refractivity contribution in [2.24, 2.45) is 0 Å². The summed E-state index contributed by atoms with van der Waals surface area (Å²) in [6.45, 7) is 28.3. The van der Waals surface area contributed by atoms with Crippen LogP contribution in [0.25, 0.3) is 139 Å². The van der Waals surface area contributed by atoms with Gasteiger partial charge in [-0.3, -0.25) is 0 Å². The van der Waals surface area contributed by atoms with E-state index >= 15 is 0 Å². The van der Waals surface area contributed by atoms with E-state index < -0.39 is 0 Å². The predicted molar refractivity (Wildman–Crippen MR) is 327 cm³/mol. The Labute approximate surface area is 440 Å². The zero-order valence-electron chi connectivity index (χ0n) is 44.6. The van der Waals surface area contributed by atoms with Crippen molar-refractivity contribution < 1.29 is 0 Å². The third-order valence-electron chi connectivity index (χ3n) is 17.0. The van der Waals surface area contributed by atoms with Crippen LogP contribution in [0.15, 0.2) is 146 Å². The number of fused-ring (bicyclic) bond motifs is 20. The molecule has 0 radical (unpaired) electrons. The molecule has 0 aliphatic heterocycles. The van der Waals surface area contributed by atoms with Crippen LogP contribution in [0.1, 0.15) is 105 Å². The van der Waals surface area contributed by atoms with Gasteiger partial charge in [0.1, 0.15) is 0 Å². The molecular formula is C70H60N2S2. The van der Waals surface area contributed by atoms with Gasteiger partial charge in [-0.2, -0.15) is 0 Å². The maximum Gasteiger partial charge on any atom is 0.0627 e. The van der Waals surface area contributed by atoms with Crippen molar-refractivity contribution in [1.29, 1.82) is 0 Å². The molecule has 15 aromatic rings. The van der Waals surface area contributed by atoms with Crippen molar-refractivity contribution in [3.05, 3.63) is 168 Å². The summed E-state index contributed by atoms with van der Waals surface area (Å²) in [7, 11) is 0. The summed E-state index contributed by atoms with van der Waals surface area (Å²) in [4.78, 5) is 0. The molecule has 6 aromatic heterocycles. The molecule has 4 heteroatoms. The highest BCUT2D eigenvalue weighted by atomic mass is 32.1. The van der Waals surface area contributed by atoms with Crippen LogP contribution in [0.2, 0.25) is 0 Å². The van der Waals surface area contributed by atoms with E-state index in [1.807, 2.05) is 22.7 Å². The first-order valence-electron chi connectivity index (χ1n) is 26.6. The van der Waals surface area contributed by atoms with Gasteiger partial charge in [0.25, 0.3) is 0 Å². The van der Waals surface area contributed by atoms with Crippen molar-refractivity contribution in [3.63, 3.8) is 0 Å². The molecule has 0 saturated heterocycles. The zero-order valence-corrected chi connectivity index (χ0v) is 46.2. The fourth-order valence-corrected chi connectivity index (χ4v) is 15.4. The molecule has 0 bridgehead atoms. The lowest BCUT2D eigenvalue weighted by molar-refractivity contribution is 0.568. The van der Waals surface area contributed by atoms with Crippen LogP contribution < -0.4 is 0 Å². The summed E-state index contributed by atoms with van der Waals surface area (Å²) in [6, 6.07) is 57.5. The largest absolute Gasteiger partial charge is 0.308 e. The lowest BCUT2D eigenvalue weighted by atomic mass is 9.78. The second kappa shape index (κ2) is 14.4. The molecular weight excluding hydrogens is 933 g/mol. The number of thiophene rings is 2. The monoisotopic (exact) mass is 992 g/mol. The van der Waals surface area contributed by atoms with Crippen LogP contribution in [0.5, 0.6) is 0 Å². The summed E-state index contributed by atoms with van der Waals surface area (Å²) in [6.07, 6.45) is 0. The normalized spacial score (nSPS) is 13.7. The highest BCUT2D eigenvalue weighted by Gasteiger charge is 2.30. The van der Waals surface area contributed by atoms with Gasteiger partial charge in [0.15, 0.2) is 0 Å². The standard InChI is InChI=1S/C70H60N2S2/c1-67(2,3)39-29-37(30-40(33-39)68(4,5)6)43-21-23-49-61-53(27-25-47-45-17-13-15-19-57(45)73-65(47)61)71-55-36-52-56(35-51(55)59(43)63(49)71)72-54-28-26-48-46-18-14-16-20-58(46)74-66(48)62(54)50-24-22-44(60(52)64(50)72)38-31-41(69(7,8)9)34-42(32-38)70(10,11)12/h13-36H,1-12H3. The number of hydrogen-bond acceptors (Lipinski definition) is 2. The molecule has 362 valence electrons. The third kappa shape index (κ3) is 5.98. The number of nitrogens with zero attached hydrogens (tertiary/aromatic N) is 2. The molecule has 0 atom stereocenters. The van der Waals surface area contributed by atoms with Gasteiger partial charge in [-0.05, 0) is 103 Å². The number of hydrogen-bond donors (Lipinski definition) is 0. The van der Waals surface area contributed by atoms with Gasteiger partial charge < -0.3 is 8.80 Å². The van der Waals surface area contributed by atoms with Crippen molar-refractivity contribution in [2.75, 3.05) is 0 Å². The van der Waals surface area contributed by atoms with E-state index in [-0.39, 0.29) is 21.7 Å². The Hall–Kier alpha value is -6.98. The fourth-order valence-electron chi connectivity index (χ4n) is 12.9. The molecule has 0 unspecified atom stereocenters. The van der Waals surface area contributed by atoms with Crippen molar-refractivity contribution in [2.45, 2.75) is 105 Å². The summed E-state index contributed by atoms with van der Waals surface area (Å²) in [5.74, 6) is 0. The zero-order chi connectivity index (χ0) is 50.9. The van der Waals surface area contributed by atoms with Crippen molar-refractivity contribution in [3.8, 4) is 22.3 Å². The van der Waals surface area contributed by atoms with E-state index in [9.17, 15) is 0 Å². The Kier molecular flexibility index (Phi) is 8.68. The summed E-state index contributed by atoms with van der Waals surface area (Å²) < 4.78 is 10.7. The summed E-state index contributed by atoms with van der Waals surface area (Å²) in [5, 5.41) is 16.0. The van der Waals surface area contributed by atoms with Crippen LogP contribution in [-0.4, -0.2) is 8.80 Å². The maximum absolute atomic E-state index is 2.66. The minimum atomic E-state index is -0.0227. The second-order valence-electron chi connectivity index (χ2n) is 25.8. The molecule has 6 heterocycles. The minimum absolute atomic E-state index is 0.0227. The molecule has 0 fully saturated rings. The Morgan fingerprint density at radius 3 is 1.01 bits per heavy atom. The SMILES string of the molecule is CC(C)(C)c1cc(-c2ccc3c4c5sc6ccccc6c5ccc4n4c5cc6c7c(-c8cc(C(C)(C)C)cc(C(C)(C)C)c8)ccc8c9c%10sc%11ccccc%11c%10ccc9n(c6cc5c2c34)c87)cc(C(C)(C)C)c1. The molecule has 0 aliphatic carbocycles. The van der Waals surface area contributed by atoms with Crippen LogP contribution in [-0.2, 0) is 21.7 Å². The van der Waals surface area contributed by atoms with Crippen LogP contribution in [0.3, 0.4) is 0 Å². The van der Waals surface area contributed by atoms with Crippen LogP contribution >= 0.6 is 22.7 Å². The van der Waals surface area contributed by atoms with Gasteiger partial charge in [0.2, 0.25) is 0 Å². The average molecular weight is 993 g/mol. The Bertz CT molecular complexity index is 4540. The summed E-state index contributed by atoms with van der Waals surface area (Å²) >= 11 is 3.88. The molecule has 0 amide bonds. The van der Waals surface area contributed by atoms with E-state index in [4.69, 9.17) is 0 Å². The van der Waals surface area contributed by atoms with Gasteiger partial charge in [-0.1, -0.05) is 192 Å². The first-order chi connectivity index (χ1) is 35.2. The lowest BCUT2D eigenvalue weighted by Crippen LogP contribution is -2.16. The number of benzene rings is 9. The molecule has 9 aromatic carbocycles. The summed E-state index contributed by atoms with van der Waals surface area (Å²) in [5.41, 5.74) is 18.3. The number of rotatable bonds is 2. The molecule has 0 saturated carbocycles. The third-order valence-corrected chi connectivity index (χ3v) is 19.4. The van der Waals surface area contributed by atoms with E-state index in [2.05, 4.69) is 237 Å². The minimum Gasteiger partial charge on any atom is -0.308 e. The highest BCUT2D eigenvalue weighted by Crippen LogP contribution is 2.53. The quantitative estimate of drug-likeness (QED) is 0.163. The molecule has 15 rings (SSSR count). The smallest absolute Gasteiger partial charge is 0.0627 e. The Balaban J connectivity index is 1.16. The fraction of sp³-hybridized carbons (Fsp3) is 0.229. The highest BCUT2D eigenvalue weighted by molar-refractivity contribution is 7.27. The van der Waals surface area contributed by atoms with E-state index in [0.29, 0.717) is 0 Å². The lowest BCUT2D eigenvalue weighted by Gasteiger charge is -2.26. The first-order valence-corrected chi connectivity index (χ1v) is 28.2. The van der Waals surface area contributed by atoms with Gasteiger partial charge in [0.05, 0.1) is 33.1 Å². The van der Waals surface area contributed by atoms with E-state index in [1.165, 1.54) is 161 Å². The Morgan fingerprint density at radius 2 is 0.649 bits per heavy atom. The van der Waals surface area contributed by atoms with E-state index in [1.54, 1.807) is 0 Å². The molecule has 0 spiro atoms. The van der Waals surface area contributed by atoms with Crippen molar-refractivity contribution >= 4 is 139 Å². The molecule has 0 N–H and O–H groups in total. The van der Waals surface area contributed by atoms with Gasteiger partial charge >= 0.3 is 0 Å². The van der Waals surface area contributed by atoms with Crippen molar-refractivity contribution in [1.82, 2.24) is 8.80 Å².